The summed E-state index contributed by atoms with van der Waals surface area (Å²) in [6, 6.07) is 10.8. The summed E-state index contributed by atoms with van der Waals surface area (Å²) >= 11 is 6.09. The number of nitrogens with two attached hydrogens (primary N) is 1. The van der Waals surface area contributed by atoms with Crippen molar-refractivity contribution < 1.29 is 9.21 Å². The summed E-state index contributed by atoms with van der Waals surface area (Å²) in [5.74, 6) is 0.599. The predicted octanol–water partition coefficient (Wildman–Crippen LogP) is 3.07. The Bertz CT molecular complexity index is 593. The number of hydrogen-bond donors (Lipinski definition) is 2. The molecule has 0 aliphatic carbocycles. The second-order valence-electron chi connectivity index (χ2n) is 4.67. The van der Waals surface area contributed by atoms with E-state index in [2.05, 4.69) is 5.32 Å². The fraction of sp³-hybridized carbons (Fsp3) is 0.267. The summed E-state index contributed by atoms with van der Waals surface area (Å²) in [5, 5.41) is 3.35. The average molecular weight is 293 g/mol. The zero-order valence-corrected chi connectivity index (χ0v) is 12.0. The van der Waals surface area contributed by atoms with Crippen LogP contribution in [-0.4, -0.2) is 18.5 Å². The van der Waals surface area contributed by atoms with Crippen molar-refractivity contribution in [3.05, 3.63) is 47.2 Å². The van der Waals surface area contributed by atoms with Gasteiger partial charge in [-0.1, -0.05) is 23.7 Å². The molecule has 0 aliphatic heterocycles. The molecule has 3 N–H and O–H groups in total. The lowest BCUT2D eigenvalue weighted by Crippen LogP contribution is -2.28. The maximum atomic E-state index is 11.9. The van der Waals surface area contributed by atoms with Gasteiger partial charge in [-0.2, -0.15) is 0 Å². The second kappa shape index (κ2) is 6.59. The summed E-state index contributed by atoms with van der Waals surface area (Å²) < 4.78 is 5.54. The SMILES string of the molecule is CC(N)CCNC(=O)c1ccc(-c2ccccc2Cl)o1. The molecule has 0 saturated heterocycles. The van der Waals surface area contributed by atoms with Crippen LogP contribution in [0.4, 0.5) is 0 Å². The molecule has 0 aliphatic rings. The Morgan fingerprint density at radius 3 is 2.80 bits per heavy atom. The molecule has 20 heavy (non-hydrogen) atoms. The number of rotatable bonds is 5. The molecular formula is C15H17ClN2O2. The minimum Gasteiger partial charge on any atom is -0.451 e. The van der Waals surface area contributed by atoms with Crippen molar-refractivity contribution in [3.8, 4) is 11.3 Å². The molecule has 0 bridgehead atoms. The Balaban J connectivity index is 2.06. The first-order valence-electron chi connectivity index (χ1n) is 6.46. The van der Waals surface area contributed by atoms with Gasteiger partial charge in [0.2, 0.25) is 0 Å². The maximum absolute atomic E-state index is 11.9. The molecule has 1 amide bonds. The minimum absolute atomic E-state index is 0.0607. The largest absolute Gasteiger partial charge is 0.451 e. The van der Waals surface area contributed by atoms with Gasteiger partial charge in [-0.05, 0) is 37.6 Å². The summed E-state index contributed by atoms with van der Waals surface area (Å²) in [4.78, 5) is 11.9. The fourth-order valence-corrected chi connectivity index (χ4v) is 2.00. The first-order valence-corrected chi connectivity index (χ1v) is 6.84. The molecule has 1 heterocycles. The lowest BCUT2D eigenvalue weighted by Gasteiger charge is -2.05. The Hall–Kier alpha value is -1.78. The number of benzene rings is 1. The summed E-state index contributed by atoms with van der Waals surface area (Å²) in [5.41, 5.74) is 6.39. The molecule has 1 aromatic carbocycles. The molecule has 1 aromatic heterocycles. The van der Waals surface area contributed by atoms with Gasteiger partial charge in [0, 0.05) is 18.2 Å². The van der Waals surface area contributed by atoms with Crippen molar-refractivity contribution >= 4 is 17.5 Å². The molecule has 0 fully saturated rings. The third kappa shape index (κ3) is 3.62. The lowest BCUT2D eigenvalue weighted by atomic mass is 10.2. The monoisotopic (exact) mass is 292 g/mol. The molecule has 4 nitrogen and oxygen atoms in total. The van der Waals surface area contributed by atoms with E-state index in [1.54, 1.807) is 18.2 Å². The number of amides is 1. The molecule has 0 saturated carbocycles. The van der Waals surface area contributed by atoms with Crippen molar-refractivity contribution in [2.45, 2.75) is 19.4 Å². The van der Waals surface area contributed by atoms with Crippen LogP contribution in [0.2, 0.25) is 5.02 Å². The standard InChI is InChI=1S/C15H17ClN2O2/c1-10(17)8-9-18-15(19)14-7-6-13(20-14)11-4-2-3-5-12(11)16/h2-7,10H,8-9,17H2,1H3,(H,18,19). The quantitative estimate of drug-likeness (QED) is 0.890. The van der Waals surface area contributed by atoms with E-state index in [-0.39, 0.29) is 17.7 Å². The molecular weight excluding hydrogens is 276 g/mol. The number of halogens is 1. The van der Waals surface area contributed by atoms with Crippen molar-refractivity contribution in [1.82, 2.24) is 5.32 Å². The summed E-state index contributed by atoms with van der Waals surface area (Å²) in [7, 11) is 0. The number of carbonyl (C=O) groups excluding carboxylic acids is 1. The van der Waals surface area contributed by atoms with E-state index < -0.39 is 0 Å². The van der Waals surface area contributed by atoms with Crippen LogP contribution in [-0.2, 0) is 0 Å². The molecule has 2 rings (SSSR count). The van der Waals surface area contributed by atoms with Crippen molar-refractivity contribution in [2.75, 3.05) is 6.54 Å². The van der Waals surface area contributed by atoms with Crippen LogP contribution in [0.15, 0.2) is 40.8 Å². The number of nitrogens with one attached hydrogen (secondary N) is 1. The van der Waals surface area contributed by atoms with E-state index in [0.717, 1.165) is 12.0 Å². The zero-order valence-electron chi connectivity index (χ0n) is 11.2. The highest BCUT2D eigenvalue weighted by Crippen LogP contribution is 2.28. The molecule has 5 heteroatoms. The van der Waals surface area contributed by atoms with Crippen LogP contribution in [0, 0.1) is 0 Å². The molecule has 1 unspecified atom stereocenters. The average Bonchev–Trinajstić information content (AvgIpc) is 2.88. The highest BCUT2D eigenvalue weighted by Gasteiger charge is 2.13. The van der Waals surface area contributed by atoms with Crippen LogP contribution in [0.3, 0.4) is 0 Å². The van der Waals surface area contributed by atoms with Crippen molar-refractivity contribution in [3.63, 3.8) is 0 Å². The fourth-order valence-electron chi connectivity index (χ4n) is 1.77. The zero-order chi connectivity index (χ0) is 14.5. The van der Waals surface area contributed by atoms with E-state index >= 15 is 0 Å². The summed E-state index contributed by atoms with van der Waals surface area (Å²) in [6.45, 7) is 2.42. The third-order valence-corrected chi connectivity index (χ3v) is 3.18. The van der Waals surface area contributed by atoms with Gasteiger partial charge in [-0.25, -0.2) is 0 Å². The third-order valence-electron chi connectivity index (χ3n) is 2.85. The molecule has 1 atom stereocenters. The van der Waals surface area contributed by atoms with E-state index in [1.807, 2.05) is 25.1 Å². The Morgan fingerprint density at radius 1 is 1.35 bits per heavy atom. The van der Waals surface area contributed by atoms with E-state index in [4.69, 9.17) is 21.8 Å². The smallest absolute Gasteiger partial charge is 0.287 e. The predicted molar refractivity (Wildman–Crippen MR) is 79.8 cm³/mol. The maximum Gasteiger partial charge on any atom is 0.287 e. The highest BCUT2D eigenvalue weighted by atomic mass is 35.5. The van der Waals surface area contributed by atoms with E-state index in [1.165, 1.54) is 0 Å². The van der Waals surface area contributed by atoms with Gasteiger partial charge in [0.15, 0.2) is 5.76 Å². The highest BCUT2D eigenvalue weighted by molar-refractivity contribution is 6.33. The minimum atomic E-state index is -0.246. The number of carbonyl (C=O) groups is 1. The van der Waals surface area contributed by atoms with Crippen LogP contribution in [0.25, 0.3) is 11.3 Å². The number of hydrogen-bond acceptors (Lipinski definition) is 3. The van der Waals surface area contributed by atoms with Gasteiger partial charge in [0.05, 0.1) is 5.02 Å². The molecule has 0 radical (unpaired) electrons. The van der Waals surface area contributed by atoms with Gasteiger partial charge in [-0.15, -0.1) is 0 Å². The number of furan rings is 1. The van der Waals surface area contributed by atoms with Crippen LogP contribution in [0.5, 0.6) is 0 Å². The Kier molecular flexibility index (Phi) is 4.82. The normalized spacial score (nSPS) is 12.2. The van der Waals surface area contributed by atoms with Gasteiger partial charge < -0.3 is 15.5 Å². The molecule has 2 aromatic rings. The van der Waals surface area contributed by atoms with E-state index in [0.29, 0.717) is 17.3 Å². The second-order valence-corrected chi connectivity index (χ2v) is 5.07. The topological polar surface area (TPSA) is 68.3 Å². The first-order chi connectivity index (χ1) is 9.58. The van der Waals surface area contributed by atoms with Crippen molar-refractivity contribution in [2.24, 2.45) is 5.73 Å². The van der Waals surface area contributed by atoms with Crippen molar-refractivity contribution in [1.29, 1.82) is 0 Å². The summed E-state index contributed by atoms with van der Waals surface area (Å²) in [6.07, 6.45) is 0.726. The van der Waals surface area contributed by atoms with Crippen LogP contribution >= 0.6 is 11.6 Å². The van der Waals surface area contributed by atoms with Gasteiger partial charge in [-0.3, -0.25) is 4.79 Å². The van der Waals surface area contributed by atoms with Gasteiger partial charge in [0.25, 0.3) is 5.91 Å². The first kappa shape index (κ1) is 14.6. The van der Waals surface area contributed by atoms with Gasteiger partial charge >= 0.3 is 0 Å². The van der Waals surface area contributed by atoms with Crippen LogP contribution < -0.4 is 11.1 Å². The Labute approximate surface area is 122 Å². The molecule has 106 valence electrons. The Morgan fingerprint density at radius 2 is 2.10 bits per heavy atom. The van der Waals surface area contributed by atoms with Crippen LogP contribution in [0.1, 0.15) is 23.9 Å². The van der Waals surface area contributed by atoms with E-state index in [9.17, 15) is 4.79 Å². The van der Waals surface area contributed by atoms with Gasteiger partial charge in [0.1, 0.15) is 5.76 Å². The molecule has 0 spiro atoms. The lowest BCUT2D eigenvalue weighted by molar-refractivity contribution is 0.0926.